The van der Waals surface area contributed by atoms with Gasteiger partial charge in [0.15, 0.2) is 0 Å². The summed E-state index contributed by atoms with van der Waals surface area (Å²) < 4.78 is 36.4. The number of nitrogens with one attached hydrogen (secondary N) is 2. The van der Waals surface area contributed by atoms with E-state index in [0.29, 0.717) is 17.6 Å². The van der Waals surface area contributed by atoms with Gasteiger partial charge < -0.3 is 5.32 Å². The largest absolute Gasteiger partial charge is 0.326 e. The Balaban J connectivity index is 1.30. The SMILES string of the molecule is Cc1cccc(NC(=O)C2CCC(CNS(=O)(=O)c3cccc4nsnc34)CC2)c1. The van der Waals surface area contributed by atoms with E-state index in [1.807, 2.05) is 31.2 Å². The van der Waals surface area contributed by atoms with Crippen LogP contribution in [0.2, 0.25) is 0 Å². The van der Waals surface area contributed by atoms with Gasteiger partial charge in [0.1, 0.15) is 15.9 Å². The number of rotatable bonds is 6. The molecule has 1 heterocycles. The van der Waals surface area contributed by atoms with Crippen molar-refractivity contribution in [1.29, 1.82) is 0 Å². The average Bonchev–Trinajstić information content (AvgIpc) is 3.21. The van der Waals surface area contributed by atoms with Crippen LogP contribution in [0.4, 0.5) is 5.69 Å². The molecule has 158 valence electrons. The molecule has 1 aliphatic rings. The van der Waals surface area contributed by atoms with Gasteiger partial charge in [-0.15, -0.1) is 0 Å². The smallest absolute Gasteiger partial charge is 0.242 e. The lowest BCUT2D eigenvalue weighted by atomic mass is 9.81. The Morgan fingerprint density at radius 1 is 1.10 bits per heavy atom. The second-order valence-electron chi connectivity index (χ2n) is 7.82. The Hall–Kier alpha value is -2.36. The molecular weight excluding hydrogens is 420 g/mol. The van der Waals surface area contributed by atoms with Crippen molar-refractivity contribution in [3.8, 4) is 0 Å². The first kappa shape index (κ1) is 20.9. The van der Waals surface area contributed by atoms with Crippen molar-refractivity contribution in [2.75, 3.05) is 11.9 Å². The second kappa shape index (κ2) is 8.79. The summed E-state index contributed by atoms with van der Waals surface area (Å²) in [4.78, 5) is 12.7. The molecule has 0 bridgehead atoms. The Labute approximate surface area is 180 Å². The molecule has 7 nitrogen and oxygen atoms in total. The molecule has 3 aromatic rings. The molecule has 9 heteroatoms. The molecule has 2 N–H and O–H groups in total. The summed E-state index contributed by atoms with van der Waals surface area (Å²) in [5.74, 6) is 0.228. The summed E-state index contributed by atoms with van der Waals surface area (Å²) in [6.07, 6.45) is 3.15. The summed E-state index contributed by atoms with van der Waals surface area (Å²) in [6.45, 7) is 2.36. The number of amides is 1. The maximum absolute atomic E-state index is 12.8. The Morgan fingerprint density at radius 2 is 1.87 bits per heavy atom. The van der Waals surface area contributed by atoms with Crippen molar-refractivity contribution in [1.82, 2.24) is 13.5 Å². The van der Waals surface area contributed by atoms with Gasteiger partial charge in [-0.3, -0.25) is 4.79 Å². The molecule has 0 saturated heterocycles. The fraction of sp³-hybridized carbons (Fsp3) is 0.381. The highest BCUT2D eigenvalue weighted by molar-refractivity contribution is 7.89. The standard InChI is InChI=1S/C21H24N4O3S2/c1-14-4-2-5-17(12-14)23-21(26)16-10-8-15(9-11-16)13-22-30(27,28)19-7-3-6-18-20(19)25-29-24-18/h2-7,12,15-16,22H,8-11,13H2,1H3,(H,23,26). The summed E-state index contributed by atoms with van der Waals surface area (Å²) in [7, 11) is -3.66. The van der Waals surface area contributed by atoms with Gasteiger partial charge in [0.25, 0.3) is 0 Å². The zero-order valence-corrected chi connectivity index (χ0v) is 18.3. The fourth-order valence-electron chi connectivity index (χ4n) is 3.90. The fourth-order valence-corrected chi connectivity index (χ4v) is 5.78. The number of hydrogen-bond acceptors (Lipinski definition) is 6. The van der Waals surface area contributed by atoms with E-state index in [-0.39, 0.29) is 22.6 Å². The van der Waals surface area contributed by atoms with E-state index >= 15 is 0 Å². The first-order valence-corrected chi connectivity index (χ1v) is 12.2. The van der Waals surface area contributed by atoms with E-state index < -0.39 is 10.0 Å². The molecule has 0 radical (unpaired) electrons. The first-order chi connectivity index (χ1) is 14.4. The third kappa shape index (κ3) is 4.69. The van der Waals surface area contributed by atoms with Gasteiger partial charge in [-0.25, -0.2) is 13.1 Å². The number of anilines is 1. The number of aryl methyl sites for hydroxylation is 1. The Morgan fingerprint density at radius 3 is 2.63 bits per heavy atom. The Kier molecular flexibility index (Phi) is 6.12. The highest BCUT2D eigenvalue weighted by atomic mass is 32.2. The van der Waals surface area contributed by atoms with Crippen LogP contribution in [0.3, 0.4) is 0 Å². The van der Waals surface area contributed by atoms with Crippen LogP contribution in [0, 0.1) is 18.8 Å². The van der Waals surface area contributed by atoms with Gasteiger partial charge in [-0.2, -0.15) is 8.75 Å². The van der Waals surface area contributed by atoms with Crippen LogP contribution in [0.15, 0.2) is 47.4 Å². The van der Waals surface area contributed by atoms with E-state index in [1.165, 1.54) is 0 Å². The molecule has 0 aliphatic heterocycles. The molecule has 4 rings (SSSR count). The molecule has 2 aromatic carbocycles. The van der Waals surface area contributed by atoms with Crippen molar-refractivity contribution >= 4 is 44.4 Å². The number of carbonyl (C=O) groups excluding carboxylic acids is 1. The van der Waals surface area contributed by atoms with Crippen LogP contribution < -0.4 is 10.0 Å². The van der Waals surface area contributed by atoms with Crippen LogP contribution in [0.25, 0.3) is 11.0 Å². The van der Waals surface area contributed by atoms with Crippen molar-refractivity contribution < 1.29 is 13.2 Å². The molecule has 0 unspecified atom stereocenters. The Bertz CT molecular complexity index is 1150. The number of fused-ring (bicyclic) bond motifs is 1. The minimum atomic E-state index is -3.66. The minimum Gasteiger partial charge on any atom is -0.326 e. The van der Waals surface area contributed by atoms with Crippen molar-refractivity contribution in [3.63, 3.8) is 0 Å². The van der Waals surface area contributed by atoms with Gasteiger partial charge in [-0.05, 0) is 68.4 Å². The molecule has 1 amide bonds. The molecule has 1 saturated carbocycles. The van der Waals surface area contributed by atoms with Gasteiger partial charge in [0.05, 0.1) is 11.7 Å². The van der Waals surface area contributed by atoms with Gasteiger partial charge in [0, 0.05) is 18.2 Å². The van der Waals surface area contributed by atoms with Gasteiger partial charge >= 0.3 is 0 Å². The van der Waals surface area contributed by atoms with E-state index in [4.69, 9.17) is 0 Å². The van der Waals surface area contributed by atoms with E-state index in [1.54, 1.807) is 18.2 Å². The van der Waals surface area contributed by atoms with Crippen LogP contribution in [-0.4, -0.2) is 29.6 Å². The van der Waals surface area contributed by atoms with Crippen LogP contribution >= 0.6 is 11.7 Å². The summed E-state index contributed by atoms with van der Waals surface area (Å²) >= 11 is 1.00. The molecule has 1 aliphatic carbocycles. The van der Waals surface area contributed by atoms with Crippen LogP contribution in [0.1, 0.15) is 31.2 Å². The maximum atomic E-state index is 12.8. The van der Waals surface area contributed by atoms with Gasteiger partial charge in [-0.1, -0.05) is 18.2 Å². The summed E-state index contributed by atoms with van der Waals surface area (Å²) in [5.41, 5.74) is 2.92. The summed E-state index contributed by atoms with van der Waals surface area (Å²) in [6, 6.07) is 12.7. The zero-order valence-electron chi connectivity index (χ0n) is 16.7. The lowest BCUT2D eigenvalue weighted by Crippen LogP contribution is -2.33. The monoisotopic (exact) mass is 444 g/mol. The van der Waals surface area contributed by atoms with E-state index in [9.17, 15) is 13.2 Å². The lowest BCUT2D eigenvalue weighted by molar-refractivity contribution is -0.121. The van der Waals surface area contributed by atoms with Crippen molar-refractivity contribution in [2.45, 2.75) is 37.5 Å². The second-order valence-corrected chi connectivity index (χ2v) is 10.1. The number of carbonyl (C=O) groups is 1. The maximum Gasteiger partial charge on any atom is 0.242 e. The number of hydrogen-bond donors (Lipinski definition) is 2. The number of benzene rings is 2. The molecule has 30 heavy (non-hydrogen) atoms. The normalized spacial score (nSPS) is 19.6. The zero-order chi connectivity index (χ0) is 21.1. The molecular formula is C21H24N4O3S2. The molecule has 1 aromatic heterocycles. The van der Waals surface area contributed by atoms with Crippen LogP contribution in [-0.2, 0) is 14.8 Å². The topological polar surface area (TPSA) is 101 Å². The van der Waals surface area contributed by atoms with E-state index in [0.717, 1.165) is 48.7 Å². The predicted molar refractivity (Wildman–Crippen MR) is 118 cm³/mol. The average molecular weight is 445 g/mol. The number of aromatic nitrogens is 2. The predicted octanol–water partition coefficient (Wildman–Crippen LogP) is 3.72. The molecule has 0 spiro atoms. The first-order valence-electron chi connectivity index (χ1n) is 10.0. The van der Waals surface area contributed by atoms with Crippen molar-refractivity contribution in [2.24, 2.45) is 11.8 Å². The minimum absolute atomic E-state index is 0.0341. The highest BCUT2D eigenvalue weighted by Gasteiger charge is 2.28. The van der Waals surface area contributed by atoms with Crippen molar-refractivity contribution in [3.05, 3.63) is 48.0 Å². The third-order valence-electron chi connectivity index (χ3n) is 5.60. The van der Waals surface area contributed by atoms with Crippen LogP contribution in [0.5, 0.6) is 0 Å². The quantitative estimate of drug-likeness (QED) is 0.603. The molecule has 0 atom stereocenters. The lowest BCUT2D eigenvalue weighted by Gasteiger charge is -2.28. The number of nitrogens with zero attached hydrogens (tertiary/aromatic N) is 2. The van der Waals surface area contributed by atoms with E-state index in [2.05, 4.69) is 18.8 Å². The third-order valence-corrected chi connectivity index (χ3v) is 7.60. The summed E-state index contributed by atoms with van der Waals surface area (Å²) in [5, 5.41) is 3.00. The molecule has 1 fully saturated rings. The highest BCUT2D eigenvalue weighted by Crippen LogP contribution is 2.30. The number of sulfonamides is 1. The van der Waals surface area contributed by atoms with Gasteiger partial charge in [0.2, 0.25) is 15.9 Å².